The second-order valence-corrected chi connectivity index (χ2v) is 6.93. The topological polar surface area (TPSA) is 95.9 Å². The Hall–Kier alpha value is -3.19. The summed E-state index contributed by atoms with van der Waals surface area (Å²) >= 11 is 0. The third kappa shape index (κ3) is 3.48. The highest BCUT2D eigenvalue weighted by Crippen LogP contribution is 2.29. The zero-order chi connectivity index (χ0) is 19.7. The molecule has 1 fully saturated rings. The molecule has 2 heterocycles. The molecule has 0 aromatic heterocycles. The van der Waals surface area contributed by atoms with Gasteiger partial charge in [0.25, 0.3) is 11.8 Å². The molecule has 2 aromatic carbocycles. The number of ether oxygens (including phenoxy) is 1. The number of carboxylic acid groups (broad SMARTS) is 1. The predicted molar refractivity (Wildman–Crippen MR) is 102 cm³/mol. The maximum Gasteiger partial charge on any atom is 0.332 e. The van der Waals surface area contributed by atoms with Crippen LogP contribution in [0, 0.1) is 0 Å². The van der Waals surface area contributed by atoms with Crippen molar-refractivity contribution in [3.63, 3.8) is 0 Å². The minimum absolute atomic E-state index is 0.0775. The Labute approximate surface area is 161 Å². The number of rotatable bonds is 4. The number of anilines is 2. The molecule has 0 spiro atoms. The molecule has 2 aromatic rings. The third-order valence-corrected chi connectivity index (χ3v) is 5.12. The van der Waals surface area contributed by atoms with Gasteiger partial charge in [-0.15, -0.1) is 0 Å². The van der Waals surface area contributed by atoms with Crippen molar-refractivity contribution in [3.05, 3.63) is 59.7 Å². The van der Waals surface area contributed by atoms with E-state index in [0.717, 1.165) is 17.7 Å². The van der Waals surface area contributed by atoms with Crippen molar-refractivity contribution >= 4 is 29.2 Å². The van der Waals surface area contributed by atoms with Gasteiger partial charge < -0.3 is 20.1 Å². The minimum atomic E-state index is -1.05. The summed E-state index contributed by atoms with van der Waals surface area (Å²) in [6.45, 7) is 0.653. The molecule has 2 aliphatic rings. The first-order chi connectivity index (χ1) is 13.5. The number of carbonyl (C=O) groups excluding carboxylic acids is 2. The summed E-state index contributed by atoms with van der Waals surface area (Å²) in [5.41, 5.74) is 3.18. The van der Waals surface area contributed by atoms with E-state index in [-0.39, 0.29) is 11.8 Å². The van der Waals surface area contributed by atoms with Crippen LogP contribution in [0.5, 0.6) is 0 Å². The van der Waals surface area contributed by atoms with Crippen LogP contribution in [0.15, 0.2) is 48.5 Å². The van der Waals surface area contributed by atoms with E-state index in [1.807, 2.05) is 24.3 Å². The summed E-state index contributed by atoms with van der Waals surface area (Å²) in [6.07, 6.45) is -0.177. The number of carbonyl (C=O) groups is 3. The molecule has 2 amide bonds. The Balaban J connectivity index is 1.40. The Morgan fingerprint density at radius 3 is 2.43 bits per heavy atom. The fraction of sp³-hybridized carbons (Fsp3) is 0.286. The van der Waals surface area contributed by atoms with Gasteiger partial charge in [0.15, 0.2) is 6.10 Å². The lowest BCUT2D eigenvalue weighted by Gasteiger charge is -2.17. The van der Waals surface area contributed by atoms with E-state index in [9.17, 15) is 14.4 Å². The van der Waals surface area contributed by atoms with Gasteiger partial charge in [-0.1, -0.05) is 18.2 Å². The highest BCUT2D eigenvalue weighted by molar-refractivity contribution is 6.07. The molecular weight excluding hydrogens is 360 g/mol. The fourth-order valence-corrected chi connectivity index (χ4v) is 3.64. The quantitative estimate of drug-likeness (QED) is 0.849. The smallest absolute Gasteiger partial charge is 0.332 e. The molecule has 7 nitrogen and oxygen atoms in total. The van der Waals surface area contributed by atoms with E-state index < -0.39 is 18.2 Å². The molecule has 7 heteroatoms. The second-order valence-electron chi connectivity index (χ2n) is 6.93. The average Bonchev–Trinajstić information content (AvgIpc) is 3.36. The molecule has 0 aliphatic carbocycles. The molecule has 0 unspecified atom stereocenters. The number of hydrogen-bond donors (Lipinski definition) is 2. The Morgan fingerprint density at radius 1 is 1.00 bits per heavy atom. The first-order valence-corrected chi connectivity index (χ1v) is 9.22. The zero-order valence-electron chi connectivity index (χ0n) is 15.1. The second kappa shape index (κ2) is 7.44. The first-order valence-electron chi connectivity index (χ1n) is 9.22. The van der Waals surface area contributed by atoms with E-state index in [0.29, 0.717) is 30.6 Å². The summed E-state index contributed by atoms with van der Waals surface area (Å²) in [5.74, 6) is -1.51. The van der Waals surface area contributed by atoms with Crippen molar-refractivity contribution in [2.24, 2.45) is 0 Å². The number of aliphatic carboxylic acids is 1. The summed E-state index contributed by atoms with van der Waals surface area (Å²) in [7, 11) is 0. The van der Waals surface area contributed by atoms with Gasteiger partial charge >= 0.3 is 5.97 Å². The molecule has 1 saturated heterocycles. The van der Waals surface area contributed by atoms with Crippen molar-refractivity contribution in [3.8, 4) is 0 Å². The van der Waals surface area contributed by atoms with Gasteiger partial charge in [-0.25, -0.2) is 4.79 Å². The fourth-order valence-electron chi connectivity index (χ4n) is 3.64. The number of carboxylic acids is 1. The van der Waals surface area contributed by atoms with Crippen LogP contribution in [-0.2, 0) is 20.7 Å². The van der Waals surface area contributed by atoms with Crippen LogP contribution in [0.2, 0.25) is 0 Å². The number of fused-ring (bicyclic) bond motifs is 1. The maximum absolute atomic E-state index is 12.8. The van der Waals surface area contributed by atoms with Gasteiger partial charge in [0.2, 0.25) is 0 Å². The Morgan fingerprint density at radius 2 is 1.71 bits per heavy atom. The van der Waals surface area contributed by atoms with Crippen LogP contribution in [0.25, 0.3) is 0 Å². The van der Waals surface area contributed by atoms with Crippen molar-refractivity contribution in [2.75, 3.05) is 16.8 Å². The molecule has 0 saturated carbocycles. The lowest BCUT2D eigenvalue weighted by molar-refractivity contribution is -0.150. The van der Waals surface area contributed by atoms with E-state index in [2.05, 4.69) is 5.32 Å². The predicted octanol–water partition coefficient (Wildman–Crippen LogP) is 2.46. The average molecular weight is 380 g/mol. The van der Waals surface area contributed by atoms with Crippen LogP contribution in [-0.4, -0.2) is 41.6 Å². The van der Waals surface area contributed by atoms with Crippen LogP contribution in [0.3, 0.4) is 0 Å². The van der Waals surface area contributed by atoms with Gasteiger partial charge in [-0.05, 0) is 55.2 Å². The molecule has 2 aliphatic heterocycles. The van der Waals surface area contributed by atoms with E-state index in [4.69, 9.17) is 9.84 Å². The largest absolute Gasteiger partial charge is 0.479 e. The molecule has 2 N–H and O–H groups in total. The monoisotopic (exact) mass is 380 g/mol. The minimum Gasteiger partial charge on any atom is -0.479 e. The number of benzene rings is 2. The van der Waals surface area contributed by atoms with Gasteiger partial charge in [0, 0.05) is 23.5 Å². The molecule has 4 rings (SSSR count). The number of amides is 2. The summed E-state index contributed by atoms with van der Waals surface area (Å²) < 4.78 is 5.25. The third-order valence-electron chi connectivity index (χ3n) is 5.12. The SMILES string of the molecule is O=C(Nc1ccc(C(=O)N2CCc3ccccc32)cc1)[C@@H]1CC[C@H](C(=O)O)O1. The highest BCUT2D eigenvalue weighted by atomic mass is 16.5. The van der Waals surface area contributed by atoms with Crippen molar-refractivity contribution in [1.29, 1.82) is 0 Å². The number of hydrogen-bond acceptors (Lipinski definition) is 4. The van der Waals surface area contributed by atoms with E-state index >= 15 is 0 Å². The van der Waals surface area contributed by atoms with Gasteiger partial charge in [0.1, 0.15) is 6.10 Å². The van der Waals surface area contributed by atoms with Crippen molar-refractivity contribution < 1.29 is 24.2 Å². The van der Waals surface area contributed by atoms with Gasteiger partial charge in [0.05, 0.1) is 0 Å². The lowest BCUT2D eigenvalue weighted by atomic mass is 10.1. The van der Waals surface area contributed by atoms with Crippen molar-refractivity contribution in [2.45, 2.75) is 31.5 Å². The molecule has 0 bridgehead atoms. The van der Waals surface area contributed by atoms with Crippen LogP contribution >= 0.6 is 0 Å². The Kier molecular flexibility index (Phi) is 4.83. The first kappa shape index (κ1) is 18.2. The number of nitrogens with one attached hydrogen (secondary N) is 1. The van der Waals surface area contributed by atoms with Crippen LogP contribution in [0.1, 0.15) is 28.8 Å². The lowest BCUT2D eigenvalue weighted by Crippen LogP contribution is -2.30. The highest BCUT2D eigenvalue weighted by Gasteiger charge is 2.34. The molecule has 28 heavy (non-hydrogen) atoms. The zero-order valence-corrected chi connectivity index (χ0v) is 15.1. The van der Waals surface area contributed by atoms with Gasteiger partial charge in [-0.3, -0.25) is 9.59 Å². The molecular formula is C21H20N2O5. The summed E-state index contributed by atoms with van der Waals surface area (Å²) in [5, 5.41) is 11.7. The normalized spacial score (nSPS) is 20.6. The molecule has 2 atom stereocenters. The Bertz CT molecular complexity index is 925. The standard InChI is InChI=1S/C21H20N2O5/c24-19(17-9-10-18(28-17)21(26)27)22-15-7-5-14(6-8-15)20(25)23-12-11-13-3-1-2-4-16(13)23/h1-8,17-18H,9-12H2,(H,22,24)(H,26,27)/t17-,18+/m0/s1. The van der Waals surface area contributed by atoms with Crippen LogP contribution in [0.4, 0.5) is 11.4 Å². The molecule has 144 valence electrons. The van der Waals surface area contributed by atoms with Crippen molar-refractivity contribution in [1.82, 2.24) is 0 Å². The number of para-hydroxylation sites is 1. The summed E-state index contributed by atoms with van der Waals surface area (Å²) in [4.78, 5) is 37.7. The molecule has 0 radical (unpaired) electrons. The van der Waals surface area contributed by atoms with Crippen LogP contribution < -0.4 is 10.2 Å². The maximum atomic E-state index is 12.8. The van der Waals surface area contributed by atoms with E-state index in [1.54, 1.807) is 29.2 Å². The van der Waals surface area contributed by atoms with E-state index in [1.165, 1.54) is 0 Å². The number of nitrogens with zero attached hydrogens (tertiary/aromatic N) is 1. The summed E-state index contributed by atoms with van der Waals surface area (Å²) in [6, 6.07) is 14.5. The van der Waals surface area contributed by atoms with Gasteiger partial charge in [-0.2, -0.15) is 0 Å².